The fraction of sp³-hybridized carbons (Fsp3) is 0.526. The van der Waals surface area contributed by atoms with Gasteiger partial charge < -0.3 is 107 Å². The molecule has 2 aromatic rings. The lowest BCUT2D eigenvalue weighted by Gasteiger charge is -2.28. The normalized spacial score (nSPS) is 14.4. The number of aliphatic hydroxyl groups is 1. The van der Waals surface area contributed by atoms with Gasteiger partial charge in [-0.3, -0.25) is 72.1 Å². The molecule has 0 aliphatic heterocycles. The summed E-state index contributed by atoms with van der Waals surface area (Å²) in [5.74, 6) is -17.7. The second-order valence-electron chi connectivity index (χ2n) is 21.4. The Hall–Kier alpha value is -9.33. The van der Waals surface area contributed by atoms with E-state index >= 15 is 0 Å². The van der Waals surface area contributed by atoms with E-state index in [2.05, 4.69) is 83.4 Å². The van der Waals surface area contributed by atoms with E-state index in [0.29, 0.717) is 17.5 Å². The number of aliphatic carboxylic acids is 4. The van der Waals surface area contributed by atoms with Crippen molar-refractivity contribution in [1.82, 2.24) is 53.2 Å². The zero-order valence-corrected chi connectivity index (χ0v) is 53.1. The predicted octanol–water partition coefficient (Wildman–Crippen LogP) is -5.91. The van der Waals surface area contributed by atoms with E-state index in [-0.39, 0.29) is 56.9 Å². The van der Waals surface area contributed by atoms with Crippen LogP contribution in [0.4, 0.5) is 0 Å². The number of phenols is 1. The summed E-state index contributed by atoms with van der Waals surface area (Å²) < 4.78 is 0. The lowest BCUT2D eigenvalue weighted by atomic mass is 10.0. The number of carbonyl (C=O) groups excluding carboxylic acids is 10. The Morgan fingerprint density at radius 3 is 1.14 bits per heavy atom. The number of phenolic OH excluding ortho intramolecular Hbond substituents is 1. The van der Waals surface area contributed by atoms with Crippen molar-refractivity contribution in [3.8, 4) is 5.75 Å². The van der Waals surface area contributed by atoms with E-state index in [1.54, 1.807) is 30.3 Å². The molecule has 37 heteroatoms. The van der Waals surface area contributed by atoms with Crippen LogP contribution in [0.3, 0.4) is 0 Å². The molecule has 35 nitrogen and oxygen atoms in total. The number of nitrogens with two attached hydrogens (primary N) is 4. The number of amides is 10. The number of nitrogens with one attached hydrogen (secondary N) is 10. The number of hydrogen-bond acceptors (Lipinski definition) is 21. The van der Waals surface area contributed by atoms with Gasteiger partial charge in [-0.2, -0.15) is 25.3 Å². The molecule has 0 saturated carbocycles. The number of rotatable bonds is 45. The average Bonchev–Trinajstić information content (AvgIpc) is 0.886. The Morgan fingerprint density at radius 2 is 0.777 bits per heavy atom. The minimum atomic E-state index is -1.81. The van der Waals surface area contributed by atoms with Crippen molar-refractivity contribution in [1.29, 1.82) is 0 Å². The molecule has 0 spiro atoms. The average molecular weight is 1360 g/mol. The summed E-state index contributed by atoms with van der Waals surface area (Å²) in [4.78, 5) is 189. The molecule has 2 rings (SSSR count). The molecule has 11 atom stereocenters. The number of carboxylic acid groups (broad SMARTS) is 4. The fourth-order valence-electron chi connectivity index (χ4n) is 8.58. The number of unbranched alkanes of at least 4 members (excludes halogenated alkanes) is 1. The molecule has 0 fully saturated rings. The third kappa shape index (κ3) is 30.9. The number of hydrogen-bond donors (Lipinski definition) is 22. The SMILES string of the molecule is C[C@H](NC(=O)[C@H](CCC(=O)O)NC(=O)[C@H](CCCCN)NC(=O)[C@H](CS)NC(=O)[C@H](CS)NC(=O)[C@H](CCC(=O)O)NC(=O)[C@H](Cc1ccc(O)cc1)NC(=O)[C@H](Cc1ccccc1)NC(=O)[C@H](CCCN=C(N)N)NC(=O)[C@H](CCC(=O)O)NC(=O)[C@@H](N)CO)C(=O)O. The second kappa shape index (κ2) is 42.7. The van der Waals surface area contributed by atoms with Crippen molar-refractivity contribution < 1.29 is 97.8 Å². The van der Waals surface area contributed by atoms with Crippen LogP contribution >= 0.6 is 25.3 Å². The number of guanidine groups is 1. The van der Waals surface area contributed by atoms with Gasteiger partial charge in [0.2, 0.25) is 59.1 Å². The Bertz CT molecular complexity index is 2950. The van der Waals surface area contributed by atoms with Crippen LogP contribution in [-0.4, -0.2) is 217 Å². The van der Waals surface area contributed by atoms with Crippen molar-refractivity contribution in [3.63, 3.8) is 0 Å². The summed E-state index contributed by atoms with van der Waals surface area (Å²) in [7, 11) is 0. The molecule has 2 aromatic carbocycles. The van der Waals surface area contributed by atoms with E-state index < -0.39 is 212 Å². The van der Waals surface area contributed by atoms with Gasteiger partial charge >= 0.3 is 23.9 Å². The molecule has 0 radical (unpaired) electrons. The maximum absolute atomic E-state index is 14.7. The molecule has 0 heterocycles. The first-order valence-corrected chi connectivity index (χ1v) is 30.8. The largest absolute Gasteiger partial charge is 0.508 e. The van der Waals surface area contributed by atoms with Gasteiger partial charge in [-0.25, -0.2) is 0 Å². The molecule has 10 amide bonds. The van der Waals surface area contributed by atoms with Gasteiger partial charge in [-0.15, -0.1) is 0 Å². The van der Waals surface area contributed by atoms with Crippen LogP contribution in [0.2, 0.25) is 0 Å². The lowest BCUT2D eigenvalue weighted by Crippen LogP contribution is -2.61. The second-order valence-corrected chi connectivity index (χ2v) is 22.1. The summed E-state index contributed by atoms with van der Waals surface area (Å²) in [5, 5.41) is 81.2. The number of carboxylic acids is 4. The monoisotopic (exact) mass is 1360 g/mol. The number of aliphatic imine (C=N–C) groups is 1. The summed E-state index contributed by atoms with van der Waals surface area (Å²) in [6, 6.07) is -4.20. The maximum Gasteiger partial charge on any atom is 0.325 e. The van der Waals surface area contributed by atoms with Crippen molar-refractivity contribution in [2.75, 3.05) is 31.2 Å². The van der Waals surface area contributed by atoms with Crippen LogP contribution in [0.5, 0.6) is 5.75 Å². The predicted molar refractivity (Wildman–Crippen MR) is 341 cm³/mol. The van der Waals surface area contributed by atoms with E-state index in [1.807, 2.05) is 0 Å². The fourth-order valence-corrected chi connectivity index (χ4v) is 9.10. The Kier molecular flexibility index (Phi) is 36.7. The quantitative estimate of drug-likeness (QED) is 0.0127. The molecule has 24 N–H and O–H groups in total. The van der Waals surface area contributed by atoms with Crippen molar-refractivity contribution in [2.45, 2.75) is 157 Å². The van der Waals surface area contributed by atoms with E-state index in [0.717, 1.165) is 6.92 Å². The number of aromatic hydroxyl groups is 1. The molecule has 0 bridgehead atoms. The van der Waals surface area contributed by atoms with Crippen molar-refractivity contribution >= 4 is 114 Å². The maximum atomic E-state index is 14.7. The molecular weight excluding hydrogens is 1280 g/mol. The van der Waals surface area contributed by atoms with Gasteiger partial charge in [0.25, 0.3) is 0 Å². The lowest BCUT2D eigenvalue weighted by molar-refractivity contribution is -0.142. The van der Waals surface area contributed by atoms with Gasteiger partial charge in [0.15, 0.2) is 5.96 Å². The van der Waals surface area contributed by atoms with Crippen LogP contribution < -0.4 is 76.1 Å². The molecular formula is C57H85N15O20S2. The molecule has 0 unspecified atom stereocenters. The Labute approximate surface area is 550 Å². The van der Waals surface area contributed by atoms with Gasteiger partial charge in [-0.1, -0.05) is 42.5 Å². The van der Waals surface area contributed by atoms with Crippen LogP contribution in [0.15, 0.2) is 59.6 Å². The van der Waals surface area contributed by atoms with E-state index in [1.165, 1.54) is 24.3 Å². The molecule has 0 aliphatic rings. The van der Waals surface area contributed by atoms with Gasteiger partial charge in [0.05, 0.1) is 6.61 Å². The smallest absolute Gasteiger partial charge is 0.325 e. The molecule has 94 heavy (non-hydrogen) atoms. The molecule has 520 valence electrons. The summed E-state index contributed by atoms with van der Waals surface area (Å²) in [6.07, 6.45) is -4.14. The molecule has 0 aliphatic carbocycles. The van der Waals surface area contributed by atoms with E-state index in [9.17, 15) is 97.8 Å². The summed E-state index contributed by atoms with van der Waals surface area (Å²) in [6.45, 7) is 0.369. The zero-order chi connectivity index (χ0) is 70.6. The number of aliphatic hydroxyl groups excluding tert-OH is 1. The first kappa shape index (κ1) is 80.8. The van der Waals surface area contributed by atoms with Crippen LogP contribution in [-0.2, 0) is 80.0 Å². The first-order valence-electron chi connectivity index (χ1n) is 29.5. The first-order chi connectivity index (χ1) is 44.4. The Morgan fingerprint density at radius 1 is 0.447 bits per heavy atom. The topological polar surface area (TPSA) is 597 Å². The van der Waals surface area contributed by atoms with Gasteiger partial charge in [0, 0.05) is 50.2 Å². The Balaban J connectivity index is 2.57. The van der Waals surface area contributed by atoms with Crippen LogP contribution in [0.25, 0.3) is 0 Å². The highest BCUT2D eigenvalue weighted by Gasteiger charge is 2.36. The number of thiol groups is 2. The highest BCUT2D eigenvalue weighted by molar-refractivity contribution is 7.80. The minimum Gasteiger partial charge on any atom is -0.508 e. The third-order valence-electron chi connectivity index (χ3n) is 13.8. The van der Waals surface area contributed by atoms with Crippen LogP contribution in [0, 0.1) is 0 Å². The minimum absolute atomic E-state index is 0.0101. The van der Waals surface area contributed by atoms with E-state index in [4.69, 9.17) is 22.9 Å². The summed E-state index contributed by atoms with van der Waals surface area (Å²) >= 11 is 8.37. The number of carbonyl (C=O) groups is 14. The van der Waals surface area contributed by atoms with Crippen molar-refractivity contribution in [2.24, 2.45) is 27.9 Å². The van der Waals surface area contributed by atoms with Gasteiger partial charge in [-0.05, 0) is 88.1 Å². The number of nitrogens with zero attached hydrogens (tertiary/aromatic N) is 1. The molecule has 0 saturated heterocycles. The van der Waals surface area contributed by atoms with Crippen molar-refractivity contribution in [3.05, 3.63) is 65.7 Å². The highest BCUT2D eigenvalue weighted by Crippen LogP contribution is 2.15. The number of benzene rings is 2. The zero-order valence-electron chi connectivity index (χ0n) is 51.3. The van der Waals surface area contributed by atoms with Gasteiger partial charge in [0.1, 0.15) is 72.2 Å². The summed E-state index contributed by atoms with van der Waals surface area (Å²) in [5.41, 5.74) is 23.0. The third-order valence-corrected chi connectivity index (χ3v) is 14.5. The molecule has 0 aromatic heterocycles. The van der Waals surface area contributed by atoms with Crippen LogP contribution in [0.1, 0.15) is 88.7 Å². The highest BCUT2D eigenvalue weighted by atomic mass is 32.1. The standard InChI is InChI=1S/C57H85N15O20S2/c1-29(56(91)92)63-47(82)36(16-19-43(75)76)67-48(83)34(10-5-6-22-58)66-54(89)41(27-93)72-55(90)42(28-94)71-51(86)38(18-21-45(79)80)68-52(87)40(25-31-12-14-32(74)15-13-31)70-53(88)39(24-30-8-3-2-4-9-30)69-49(84)35(11-7-23-62-57(60)61)65-50(85)37(17-20-44(77)78)64-46(81)33(59)26-73/h2-4,8-9,12-15,29,33-42,73-74,93-94H,5-7,10-11,16-28,58-59H2,1H3,(H,63,82)(H,64,81)(H,65,85)(H,66,89)(H,67,83)(H,68,87)(H,69,84)(H,70,88)(H,71,86)(H,72,90)(H,75,76)(H,77,78)(H,79,80)(H,91,92)(H4,60,61,62)/t29-,33-,34-,35-,36-,37-,38-,39-,40-,41-,42-/m0/s1.